The number of rotatable bonds is 4. The number of carbonyl (C=O) groups excluding carboxylic acids is 3. The lowest BCUT2D eigenvalue weighted by atomic mass is 9.96. The van der Waals surface area contributed by atoms with Crippen LogP contribution in [0.2, 0.25) is 0 Å². The summed E-state index contributed by atoms with van der Waals surface area (Å²) in [5.74, 6) is 0.322. The first-order chi connectivity index (χ1) is 12.1. The second-order valence-corrected chi connectivity index (χ2v) is 7.73. The first-order valence-corrected chi connectivity index (χ1v) is 9.68. The van der Waals surface area contributed by atoms with E-state index in [4.69, 9.17) is 0 Å². The minimum Gasteiger partial charge on any atom is -0.336 e. The van der Waals surface area contributed by atoms with Crippen LogP contribution in [0.25, 0.3) is 0 Å². The maximum atomic E-state index is 12.7. The van der Waals surface area contributed by atoms with Crippen LogP contribution in [-0.4, -0.2) is 61.4 Å². The van der Waals surface area contributed by atoms with Crippen molar-refractivity contribution in [3.63, 3.8) is 0 Å². The molecule has 0 radical (unpaired) electrons. The van der Waals surface area contributed by atoms with Crippen molar-refractivity contribution < 1.29 is 14.4 Å². The Morgan fingerprint density at radius 1 is 1.04 bits per heavy atom. The topological polar surface area (TPSA) is 83.5 Å². The van der Waals surface area contributed by atoms with Gasteiger partial charge in [-0.3, -0.25) is 19.3 Å². The predicted molar refractivity (Wildman–Crippen MR) is 90.5 cm³/mol. The van der Waals surface area contributed by atoms with Crippen LogP contribution in [0.4, 0.5) is 0 Å². The average molecular weight is 360 g/mol. The highest BCUT2D eigenvalue weighted by molar-refractivity contribution is 7.99. The van der Waals surface area contributed by atoms with E-state index in [9.17, 15) is 14.4 Å². The first kappa shape index (κ1) is 16.5. The number of hydrogen-bond acceptors (Lipinski definition) is 6. The van der Waals surface area contributed by atoms with Crippen molar-refractivity contribution in [2.24, 2.45) is 0 Å². The molecule has 8 heteroatoms. The maximum Gasteiger partial charge on any atom is 0.233 e. The minimum absolute atomic E-state index is 0.0332. The molecule has 0 spiro atoms. The van der Waals surface area contributed by atoms with Crippen LogP contribution >= 0.6 is 11.8 Å². The Labute approximate surface area is 150 Å². The summed E-state index contributed by atoms with van der Waals surface area (Å²) in [6.07, 6.45) is 7.34. The van der Waals surface area contributed by atoms with Gasteiger partial charge in [-0.05, 0) is 31.7 Å². The van der Waals surface area contributed by atoms with Crippen molar-refractivity contribution in [3.05, 3.63) is 18.5 Å². The van der Waals surface area contributed by atoms with Gasteiger partial charge in [-0.1, -0.05) is 11.8 Å². The Morgan fingerprint density at radius 2 is 1.64 bits per heavy atom. The first-order valence-electron chi connectivity index (χ1n) is 8.69. The molecule has 7 nitrogen and oxygen atoms in total. The fraction of sp³-hybridized carbons (Fsp3) is 0.588. The monoisotopic (exact) mass is 360 g/mol. The quantitative estimate of drug-likeness (QED) is 0.456. The zero-order valence-corrected chi connectivity index (χ0v) is 14.7. The van der Waals surface area contributed by atoms with E-state index in [-0.39, 0.29) is 35.8 Å². The number of fused-ring (bicyclic) bond motifs is 2. The van der Waals surface area contributed by atoms with Crippen molar-refractivity contribution in [1.29, 1.82) is 0 Å². The lowest BCUT2D eigenvalue weighted by molar-refractivity contribution is -0.144. The number of hydrogen-bond donors (Lipinski definition) is 0. The van der Waals surface area contributed by atoms with Gasteiger partial charge in [0.25, 0.3) is 0 Å². The molecule has 3 aliphatic rings. The third-order valence-electron chi connectivity index (χ3n) is 5.32. The number of amides is 3. The van der Waals surface area contributed by atoms with E-state index in [1.807, 2.05) is 4.90 Å². The molecule has 132 valence electrons. The van der Waals surface area contributed by atoms with Gasteiger partial charge in [-0.15, -0.1) is 0 Å². The van der Waals surface area contributed by atoms with E-state index in [1.165, 1.54) is 16.7 Å². The van der Waals surface area contributed by atoms with Crippen molar-refractivity contribution in [1.82, 2.24) is 19.8 Å². The number of nitrogens with zero attached hydrogens (tertiary/aromatic N) is 4. The molecule has 2 bridgehead atoms. The summed E-state index contributed by atoms with van der Waals surface area (Å²) >= 11 is 1.35. The second kappa shape index (κ2) is 6.74. The van der Waals surface area contributed by atoms with Crippen LogP contribution in [0.15, 0.2) is 23.6 Å². The lowest BCUT2D eigenvalue weighted by Gasteiger charge is -2.41. The normalized spacial score (nSPS) is 28.7. The molecule has 2 unspecified atom stereocenters. The Morgan fingerprint density at radius 3 is 2.24 bits per heavy atom. The number of carbonyl (C=O) groups is 3. The largest absolute Gasteiger partial charge is 0.336 e. The summed E-state index contributed by atoms with van der Waals surface area (Å²) in [7, 11) is 0. The fourth-order valence-electron chi connectivity index (χ4n) is 4.33. The van der Waals surface area contributed by atoms with E-state index >= 15 is 0 Å². The molecule has 3 aliphatic heterocycles. The van der Waals surface area contributed by atoms with Gasteiger partial charge in [0.05, 0.1) is 5.75 Å². The average Bonchev–Trinajstić information content (AvgIpc) is 3.09. The standard InChI is InChI=1S/C17H20N4O3S/c22-14-4-5-15(23)21(14)13-8-11-2-3-12(9-13)20(11)16(24)10-25-17-18-6-1-7-19-17/h1,6-7,11-13H,2-5,8-10H2. The van der Waals surface area contributed by atoms with Crippen LogP contribution in [0.1, 0.15) is 38.5 Å². The van der Waals surface area contributed by atoms with Gasteiger partial charge in [0, 0.05) is 43.4 Å². The van der Waals surface area contributed by atoms with E-state index in [0.717, 1.165) is 12.8 Å². The van der Waals surface area contributed by atoms with Gasteiger partial charge >= 0.3 is 0 Å². The molecule has 0 N–H and O–H groups in total. The molecule has 0 saturated carbocycles. The smallest absolute Gasteiger partial charge is 0.233 e. The van der Waals surface area contributed by atoms with Crippen molar-refractivity contribution in [3.8, 4) is 0 Å². The van der Waals surface area contributed by atoms with Crippen molar-refractivity contribution in [2.45, 2.75) is 61.8 Å². The predicted octanol–water partition coefficient (Wildman–Crippen LogP) is 1.24. The molecule has 2 atom stereocenters. The summed E-state index contributed by atoms with van der Waals surface area (Å²) in [6.45, 7) is 0. The number of thioether (sulfide) groups is 1. The Balaban J connectivity index is 1.39. The van der Waals surface area contributed by atoms with E-state index in [0.29, 0.717) is 36.6 Å². The molecule has 1 aromatic heterocycles. The van der Waals surface area contributed by atoms with Crippen LogP contribution < -0.4 is 0 Å². The molecule has 0 aromatic carbocycles. The Hall–Kier alpha value is -1.96. The molecule has 1 aromatic rings. The summed E-state index contributed by atoms with van der Waals surface area (Å²) in [5.41, 5.74) is 0. The summed E-state index contributed by atoms with van der Waals surface area (Å²) < 4.78 is 0. The van der Waals surface area contributed by atoms with Gasteiger partial charge < -0.3 is 4.90 Å². The fourth-order valence-corrected chi connectivity index (χ4v) is 5.00. The molecule has 3 saturated heterocycles. The van der Waals surface area contributed by atoms with Gasteiger partial charge in [0.15, 0.2) is 5.16 Å². The van der Waals surface area contributed by atoms with Crippen molar-refractivity contribution >= 4 is 29.5 Å². The highest BCUT2D eigenvalue weighted by Gasteiger charge is 2.47. The molecule has 3 fully saturated rings. The number of aromatic nitrogens is 2. The Bertz CT molecular complexity index is 668. The molecule has 4 heterocycles. The SMILES string of the molecule is O=C1CCC(=O)N1C1CC2CCC(C1)N2C(=O)CSc1ncccn1. The highest BCUT2D eigenvalue weighted by atomic mass is 32.2. The van der Waals surface area contributed by atoms with E-state index in [1.54, 1.807) is 18.5 Å². The minimum atomic E-state index is -0.0500. The van der Waals surface area contributed by atoms with Crippen LogP contribution in [-0.2, 0) is 14.4 Å². The maximum absolute atomic E-state index is 12.7. The van der Waals surface area contributed by atoms with Gasteiger partial charge in [-0.25, -0.2) is 9.97 Å². The van der Waals surface area contributed by atoms with Gasteiger partial charge in [0.1, 0.15) is 0 Å². The van der Waals surface area contributed by atoms with Gasteiger partial charge in [-0.2, -0.15) is 0 Å². The lowest BCUT2D eigenvalue weighted by Crippen LogP contribution is -2.54. The van der Waals surface area contributed by atoms with Crippen LogP contribution in [0.5, 0.6) is 0 Å². The molecular weight excluding hydrogens is 340 g/mol. The van der Waals surface area contributed by atoms with Gasteiger partial charge in [0.2, 0.25) is 17.7 Å². The zero-order valence-electron chi connectivity index (χ0n) is 13.8. The van der Waals surface area contributed by atoms with Crippen molar-refractivity contribution in [2.75, 3.05) is 5.75 Å². The van der Waals surface area contributed by atoms with E-state index < -0.39 is 0 Å². The number of likely N-dealkylation sites (tertiary alicyclic amines) is 1. The molecule has 3 amide bonds. The summed E-state index contributed by atoms with van der Waals surface area (Å²) in [6, 6.07) is 1.98. The number of piperidine rings is 1. The van der Waals surface area contributed by atoms with Crippen LogP contribution in [0, 0.1) is 0 Å². The van der Waals surface area contributed by atoms with Crippen LogP contribution in [0.3, 0.4) is 0 Å². The molecular formula is C17H20N4O3S. The molecule has 4 rings (SSSR count). The Kier molecular flexibility index (Phi) is 4.45. The third kappa shape index (κ3) is 3.15. The summed E-state index contributed by atoms with van der Waals surface area (Å²) in [4.78, 5) is 48.4. The second-order valence-electron chi connectivity index (χ2n) is 6.79. The summed E-state index contributed by atoms with van der Waals surface area (Å²) in [5, 5.41) is 0.603. The number of imide groups is 1. The zero-order chi connectivity index (χ0) is 17.4. The molecule has 25 heavy (non-hydrogen) atoms. The molecule has 0 aliphatic carbocycles. The third-order valence-corrected chi connectivity index (χ3v) is 6.18. The van der Waals surface area contributed by atoms with E-state index in [2.05, 4.69) is 9.97 Å². The highest BCUT2D eigenvalue weighted by Crippen LogP contribution is 2.39.